The second kappa shape index (κ2) is 8.70. The summed E-state index contributed by atoms with van der Waals surface area (Å²) in [6, 6.07) is 14.6. The zero-order chi connectivity index (χ0) is 22.1. The second-order valence-corrected chi connectivity index (χ2v) is 9.58. The van der Waals surface area contributed by atoms with E-state index < -0.39 is 15.6 Å². The van der Waals surface area contributed by atoms with Gasteiger partial charge in [0.15, 0.2) is 0 Å². The molecule has 4 rings (SSSR count). The van der Waals surface area contributed by atoms with Gasteiger partial charge in [0, 0.05) is 31.4 Å². The highest BCUT2D eigenvalue weighted by Crippen LogP contribution is 2.37. The largest absolute Gasteiger partial charge is 0.534 e. The van der Waals surface area contributed by atoms with Gasteiger partial charge in [-0.05, 0) is 67.0 Å². The van der Waals surface area contributed by atoms with Crippen LogP contribution in [0.3, 0.4) is 0 Å². The van der Waals surface area contributed by atoms with Gasteiger partial charge < -0.3 is 14.4 Å². The molecule has 168 valence electrons. The molecule has 2 aliphatic rings. The van der Waals surface area contributed by atoms with E-state index in [1.54, 1.807) is 12.1 Å². The molecule has 0 amide bonds. The van der Waals surface area contributed by atoms with Crippen molar-refractivity contribution >= 4 is 15.8 Å². The van der Waals surface area contributed by atoms with Crippen LogP contribution in [0.1, 0.15) is 36.3 Å². The molecular weight excluding hydrogens is 429 g/mol. The molecule has 9 heteroatoms. The van der Waals surface area contributed by atoms with Crippen LogP contribution in [0.5, 0.6) is 5.75 Å². The van der Waals surface area contributed by atoms with Gasteiger partial charge in [0.25, 0.3) is 0 Å². The Balaban J connectivity index is 1.42. The Morgan fingerprint density at radius 1 is 1.06 bits per heavy atom. The predicted molar refractivity (Wildman–Crippen MR) is 113 cm³/mol. The number of aryl methyl sites for hydroxylation is 1. The molecule has 2 aromatic rings. The summed E-state index contributed by atoms with van der Waals surface area (Å²) >= 11 is 0. The van der Waals surface area contributed by atoms with Crippen molar-refractivity contribution in [3.8, 4) is 5.75 Å². The first-order valence-corrected chi connectivity index (χ1v) is 11.8. The van der Waals surface area contributed by atoms with Crippen LogP contribution >= 0.6 is 0 Å². The third kappa shape index (κ3) is 4.82. The number of nitrogens with zero attached hydrogens (tertiary/aromatic N) is 1. The first-order chi connectivity index (χ1) is 14.7. The molecule has 31 heavy (non-hydrogen) atoms. The number of fused-ring (bicyclic) bond motifs is 1. The molecule has 0 spiro atoms. The fraction of sp³-hybridized carbons (Fsp3) is 0.455. The highest BCUT2D eigenvalue weighted by atomic mass is 32.2. The molecular formula is C22H25F3N2O3S. The number of rotatable bonds is 6. The van der Waals surface area contributed by atoms with E-state index in [9.17, 15) is 21.6 Å². The Morgan fingerprint density at radius 3 is 2.55 bits per heavy atom. The summed E-state index contributed by atoms with van der Waals surface area (Å²) in [5.74, 6) is 0.207. The van der Waals surface area contributed by atoms with E-state index in [2.05, 4.69) is 38.7 Å². The summed E-state index contributed by atoms with van der Waals surface area (Å²) in [6.07, 6.45) is 4.35. The number of nitrogens with one attached hydrogen (secondary N) is 1. The summed E-state index contributed by atoms with van der Waals surface area (Å²) in [4.78, 5) is 2.24. The molecule has 1 fully saturated rings. The smallest absolute Gasteiger partial charge is 0.376 e. The molecule has 2 unspecified atom stereocenters. The molecule has 1 aliphatic heterocycles. The predicted octanol–water partition coefficient (Wildman–Crippen LogP) is 4.20. The van der Waals surface area contributed by atoms with Crippen LogP contribution in [0.15, 0.2) is 48.5 Å². The number of halogens is 3. The maximum Gasteiger partial charge on any atom is 0.534 e. The molecule has 1 aliphatic carbocycles. The zero-order valence-electron chi connectivity index (χ0n) is 16.9. The maximum atomic E-state index is 12.5. The van der Waals surface area contributed by atoms with E-state index in [0.29, 0.717) is 5.92 Å². The van der Waals surface area contributed by atoms with Crippen molar-refractivity contribution in [1.29, 1.82) is 0 Å². The van der Waals surface area contributed by atoms with Crippen molar-refractivity contribution in [1.82, 2.24) is 5.32 Å². The molecule has 5 nitrogen and oxygen atoms in total. The Kier molecular flexibility index (Phi) is 6.16. The molecule has 0 saturated carbocycles. The van der Waals surface area contributed by atoms with Crippen LogP contribution in [-0.2, 0) is 16.5 Å². The van der Waals surface area contributed by atoms with Gasteiger partial charge >= 0.3 is 15.6 Å². The molecule has 0 aromatic heterocycles. The van der Waals surface area contributed by atoms with Crippen LogP contribution in [0, 0.1) is 0 Å². The summed E-state index contributed by atoms with van der Waals surface area (Å²) in [5.41, 5.74) is -1.72. The number of benzene rings is 2. The average Bonchev–Trinajstić information content (AvgIpc) is 3.15. The topological polar surface area (TPSA) is 58.6 Å². The lowest BCUT2D eigenvalue weighted by Gasteiger charge is -2.38. The second-order valence-electron chi connectivity index (χ2n) is 8.04. The molecule has 2 atom stereocenters. The minimum Gasteiger partial charge on any atom is -0.376 e. The molecule has 0 bridgehead atoms. The fourth-order valence-corrected chi connectivity index (χ4v) is 5.02. The van der Waals surface area contributed by atoms with Crippen LogP contribution in [0.25, 0.3) is 0 Å². The highest BCUT2D eigenvalue weighted by Gasteiger charge is 2.48. The van der Waals surface area contributed by atoms with Gasteiger partial charge in [-0.2, -0.15) is 21.6 Å². The summed E-state index contributed by atoms with van der Waals surface area (Å²) in [7, 11) is -5.67. The Bertz CT molecular complexity index is 1010. The summed E-state index contributed by atoms with van der Waals surface area (Å²) in [6.45, 7) is 2.41. The van der Waals surface area contributed by atoms with Crippen molar-refractivity contribution in [3.05, 3.63) is 59.7 Å². The number of piperazine rings is 1. The quantitative estimate of drug-likeness (QED) is 0.524. The van der Waals surface area contributed by atoms with Crippen molar-refractivity contribution in [2.45, 2.75) is 43.2 Å². The van der Waals surface area contributed by atoms with Crippen molar-refractivity contribution in [2.24, 2.45) is 0 Å². The molecule has 2 aromatic carbocycles. The first-order valence-electron chi connectivity index (χ1n) is 10.4. The van der Waals surface area contributed by atoms with E-state index in [0.717, 1.165) is 44.6 Å². The summed E-state index contributed by atoms with van der Waals surface area (Å²) in [5, 5.41) is 3.42. The van der Waals surface area contributed by atoms with Gasteiger partial charge in [0.05, 0.1) is 0 Å². The average molecular weight is 455 g/mol. The number of hydrogen-bond acceptors (Lipinski definition) is 5. The van der Waals surface area contributed by atoms with Gasteiger partial charge in [-0.3, -0.25) is 0 Å². The normalized spacial score (nSPS) is 21.7. The zero-order valence-corrected chi connectivity index (χ0v) is 17.8. The van der Waals surface area contributed by atoms with Crippen molar-refractivity contribution in [3.63, 3.8) is 0 Å². The third-order valence-electron chi connectivity index (χ3n) is 6.11. The van der Waals surface area contributed by atoms with Crippen LogP contribution < -0.4 is 14.4 Å². The number of anilines is 1. The van der Waals surface area contributed by atoms with Crippen LogP contribution in [0.2, 0.25) is 0 Å². The molecule has 1 N–H and O–H groups in total. The lowest BCUT2D eigenvalue weighted by atomic mass is 9.93. The summed E-state index contributed by atoms with van der Waals surface area (Å²) < 4.78 is 64.1. The number of alkyl halides is 3. The lowest BCUT2D eigenvalue weighted by Crippen LogP contribution is -2.51. The maximum absolute atomic E-state index is 12.5. The van der Waals surface area contributed by atoms with Gasteiger partial charge in [-0.25, -0.2) is 0 Å². The van der Waals surface area contributed by atoms with Crippen molar-refractivity contribution < 1.29 is 25.8 Å². The number of hydrogen-bond donors (Lipinski definition) is 1. The van der Waals surface area contributed by atoms with Crippen molar-refractivity contribution in [2.75, 3.05) is 24.5 Å². The van der Waals surface area contributed by atoms with Gasteiger partial charge in [0.1, 0.15) is 5.75 Å². The highest BCUT2D eigenvalue weighted by molar-refractivity contribution is 7.88. The van der Waals surface area contributed by atoms with Gasteiger partial charge in [-0.1, -0.05) is 24.3 Å². The van der Waals surface area contributed by atoms with E-state index in [1.807, 2.05) is 0 Å². The van der Waals surface area contributed by atoms with Crippen LogP contribution in [0.4, 0.5) is 18.9 Å². The molecule has 0 radical (unpaired) electrons. The molecule has 1 saturated heterocycles. The van der Waals surface area contributed by atoms with Gasteiger partial charge in [0.2, 0.25) is 0 Å². The minimum atomic E-state index is -5.67. The Morgan fingerprint density at radius 2 is 1.81 bits per heavy atom. The van der Waals surface area contributed by atoms with Gasteiger partial charge in [-0.15, -0.1) is 0 Å². The van der Waals surface area contributed by atoms with E-state index in [4.69, 9.17) is 0 Å². The third-order valence-corrected chi connectivity index (χ3v) is 7.09. The molecule has 1 heterocycles. The minimum absolute atomic E-state index is 0.257. The Hall–Kier alpha value is -2.26. The fourth-order valence-electron chi connectivity index (χ4n) is 4.56. The lowest BCUT2D eigenvalue weighted by molar-refractivity contribution is -0.0500. The Labute approximate surface area is 180 Å². The standard InChI is InChI=1S/C22H25F3N2O3S/c23-22(24,25)31(28,29)30-20-11-9-18(10-12-20)27-14-13-26-15-19(27)8-7-17-6-5-16-3-1-2-4-21(16)17/h1-4,9-12,17,19,26H,5-8,13-15H2. The van der Waals surface area contributed by atoms with Crippen LogP contribution in [-0.4, -0.2) is 39.6 Å². The van der Waals surface area contributed by atoms with E-state index in [1.165, 1.54) is 29.7 Å². The first kappa shape index (κ1) is 22.0. The monoisotopic (exact) mass is 454 g/mol. The SMILES string of the molecule is O=S(=O)(Oc1ccc(N2CCNCC2CCC2CCc3ccccc32)cc1)C(F)(F)F. The van der Waals surface area contributed by atoms with E-state index in [-0.39, 0.29) is 11.8 Å². The van der Waals surface area contributed by atoms with E-state index >= 15 is 0 Å².